The molecule has 7 rings (SSSR count). The van der Waals surface area contributed by atoms with Gasteiger partial charge in [0.15, 0.2) is 0 Å². The summed E-state index contributed by atoms with van der Waals surface area (Å²) in [5, 5.41) is 0. The smallest absolute Gasteiger partial charge is 0.511 e. The Bertz CT molecular complexity index is 1780. The molecule has 0 atom stereocenters. The summed E-state index contributed by atoms with van der Waals surface area (Å²) in [7, 11) is -0.213. The van der Waals surface area contributed by atoms with E-state index >= 15 is 0 Å². The normalized spacial score (nSPS) is 11.9. The summed E-state index contributed by atoms with van der Waals surface area (Å²) < 4.78 is 8.33. The van der Waals surface area contributed by atoms with Gasteiger partial charge in [0.25, 0.3) is 0 Å². The zero-order valence-electron chi connectivity index (χ0n) is 25.9. The van der Waals surface area contributed by atoms with Crippen molar-refractivity contribution in [3.05, 3.63) is 151 Å². The predicted molar refractivity (Wildman–Crippen MR) is 180 cm³/mol. The van der Waals surface area contributed by atoms with Crippen molar-refractivity contribution in [2.45, 2.75) is 39.5 Å². The van der Waals surface area contributed by atoms with Crippen LogP contribution in [-0.4, -0.2) is 21.6 Å². The van der Waals surface area contributed by atoms with Gasteiger partial charge >= 0.3 is 7.05 Å². The molecule has 3 heterocycles. The van der Waals surface area contributed by atoms with Gasteiger partial charge in [0.2, 0.25) is 0 Å². The molecule has 4 aromatic carbocycles. The van der Waals surface area contributed by atoms with Crippen molar-refractivity contribution >= 4 is 24.0 Å². The van der Waals surface area contributed by atoms with Gasteiger partial charge in [-0.1, -0.05) is 82.3 Å². The second kappa shape index (κ2) is 14.6. The van der Waals surface area contributed by atoms with Crippen molar-refractivity contribution in [2.75, 3.05) is 4.81 Å². The van der Waals surface area contributed by atoms with Gasteiger partial charge < -0.3 is 14.0 Å². The fraction of sp³-hybridized carbons (Fsp3) is 0.158. The number of hydrogen-bond acceptors (Lipinski definition) is 4. The Morgan fingerprint density at radius 1 is 0.689 bits per heavy atom. The number of para-hydroxylation sites is 2. The maximum absolute atomic E-state index is 6.11. The molecule has 0 amide bonds. The summed E-state index contributed by atoms with van der Waals surface area (Å²) in [5.74, 6) is 3.54. The van der Waals surface area contributed by atoms with Gasteiger partial charge in [-0.2, -0.15) is 18.2 Å². The van der Waals surface area contributed by atoms with E-state index in [-0.39, 0.29) is 27.2 Å². The molecular formula is C38H35BIrN4O-2. The number of imidazole rings is 1. The van der Waals surface area contributed by atoms with E-state index in [1.807, 2.05) is 79.0 Å². The first-order valence-corrected chi connectivity index (χ1v) is 15.1. The zero-order chi connectivity index (χ0) is 30.5. The van der Waals surface area contributed by atoms with Crippen LogP contribution in [0, 0.1) is 12.1 Å². The van der Waals surface area contributed by atoms with E-state index in [1.165, 1.54) is 16.8 Å². The molecule has 0 N–H and O–H groups in total. The minimum absolute atomic E-state index is 0. The quantitative estimate of drug-likeness (QED) is 0.126. The number of anilines is 2. The molecule has 1 radical (unpaired) electrons. The number of pyridine rings is 1. The Morgan fingerprint density at radius 2 is 1.40 bits per heavy atom. The standard InChI is InChI=1S/C21H23N2.C17H12BN2O.Ir/c1-15(2)18-11-8-12-19(16(3)4)20(18)23-14-13-22-21(23)17-9-6-5-7-10-17;1-2-8-14(9-3-1)18-20(17-12-6-7-13-19-17)15-10-4-5-11-16(15)21-18;/h5-9,11-16H,1-4H3;1-9,11-13H;/q2*-1;. The first-order chi connectivity index (χ1) is 21.5. The van der Waals surface area contributed by atoms with Gasteiger partial charge in [-0.15, -0.1) is 42.0 Å². The average molecular weight is 767 g/mol. The van der Waals surface area contributed by atoms with Crippen molar-refractivity contribution < 1.29 is 24.8 Å². The van der Waals surface area contributed by atoms with Gasteiger partial charge in [0, 0.05) is 50.1 Å². The summed E-state index contributed by atoms with van der Waals surface area (Å²) in [4.78, 5) is 11.1. The van der Waals surface area contributed by atoms with Crippen LogP contribution in [0.4, 0.5) is 11.5 Å². The van der Waals surface area contributed by atoms with Crippen molar-refractivity contribution in [3.63, 3.8) is 0 Å². The molecule has 0 aliphatic carbocycles. The Labute approximate surface area is 280 Å². The molecular weight excluding hydrogens is 731 g/mol. The van der Waals surface area contributed by atoms with Gasteiger partial charge in [-0.05, 0) is 46.2 Å². The van der Waals surface area contributed by atoms with E-state index in [2.05, 4.69) is 102 Å². The number of aromatic nitrogens is 3. The topological polar surface area (TPSA) is 43.2 Å². The maximum Gasteiger partial charge on any atom is 0.511 e. The van der Waals surface area contributed by atoms with Gasteiger partial charge in [0.05, 0.1) is 5.82 Å². The number of benzene rings is 4. The van der Waals surface area contributed by atoms with Crippen LogP contribution in [0.2, 0.25) is 0 Å². The summed E-state index contributed by atoms with van der Waals surface area (Å²) in [5.41, 5.74) is 7.00. The molecule has 2 aromatic heterocycles. The van der Waals surface area contributed by atoms with E-state index in [0.29, 0.717) is 11.8 Å². The summed E-state index contributed by atoms with van der Waals surface area (Å²) in [6.45, 7) is 8.98. The van der Waals surface area contributed by atoms with Crippen LogP contribution in [-0.2, 0) is 20.1 Å². The molecule has 1 aliphatic rings. The van der Waals surface area contributed by atoms with Gasteiger partial charge in [0.1, 0.15) is 5.82 Å². The predicted octanol–water partition coefficient (Wildman–Crippen LogP) is 8.39. The third-order valence-corrected chi connectivity index (χ3v) is 7.67. The SMILES string of the molecule is CC(C)c1cccc(C(C)C)c1-n1ccnc1-c1[c-]cccc1.[Ir].[c-]1cccc2c1N(c1ccccn1)B(c1ccccc1)O2. The molecule has 7 heteroatoms. The molecule has 227 valence electrons. The molecule has 1 aliphatic heterocycles. The Morgan fingerprint density at radius 3 is 2.07 bits per heavy atom. The summed E-state index contributed by atoms with van der Waals surface area (Å²) >= 11 is 0. The first kappa shape index (κ1) is 32.0. The van der Waals surface area contributed by atoms with Crippen LogP contribution in [0.1, 0.15) is 50.7 Å². The zero-order valence-corrected chi connectivity index (χ0v) is 28.3. The van der Waals surface area contributed by atoms with E-state index in [1.54, 1.807) is 6.20 Å². The van der Waals surface area contributed by atoms with Crippen LogP contribution in [0.25, 0.3) is 17.1 Å². The van der Waals surface area contributed by atoms with Crippen LogP contribution in [0.3, 0.4) is 0 Å². The van der Waals surface area contributed by atoms with Crippen molar-refractivity contribution in [2.24, 2.45) is 0 Å². The Kier molecular flexibility index (Phi) is 10.3. The molecule has 0 saturated carbocycles. The van der Waals surface area contributed by atoms with Crippen LogP contribution in [0.5, 0.6) is 5.75 Å². The Balaban J connectivity index is 0.000000174. The molecule has 0 fully saturated rings. The first-order valence-electron chi connectivity index (χ1n) is 15.1. The summed E-state index contributed by atoms with van der Waals surface area (Å²) in [6.07, 6.45) is 5.72. The maximum atomic E-state index is 6.11. The largest absolute Gasteiger partial charge is 0.599 e. The number of fused-ring (bicyclic) bond motifs is 1. The molecule has 0 spiro atoms. The minimum Gasteiger partial charge on any atom is -0.599 e. The number of rotatable bonds is 6. The Hall–Kier alpha value is -4.45. The van der Waals surface area contributed by atoms with Crippen molar-refractivity contribution in [1.29, 1.82) is 0 Å². The van der Waals surface area contributed by atoms with Gasteiger partial charge in [-0.3, -0.25) is 4.98 Å². The monoisotopic (exact) mass is 767 g/mol. The molecule has 45 heavy (non-hydrogen) atoms. The van der Waals surface area contributed by atoms with Crippen molar-refractivity contribution in [1.82, 2.24) is 14.5 Å². The van der Waals surface area contributed by atoms with Crippen molar-refractivity contribution in [3.8, 4) is 22.8 Å². The van der Waals surface area contributed by atoms with E-state index in [9.17, 15) is 0 Å². The van der Waals surface area contributed by atoms with E-state index < -0.39 is 0 Å². The number of nitrogens with zero attached hydrogens (tertiary/aromatic N) is 4. The van der Waals surface area contributed by atoms with Crippen LogP contribution in [0.15, 0.2) is 128 Å². The average Bonchev–Trinajstić information content (AvgIpc) is 3.71. The summed E-state index contributed by atoms with van der Waals surface area (Å²) in [6, 6.07) is 43.0. The molecule has 5 nitrogen and oxygen atoms in total. The minimum atomic E-state index is -0.213. The third kappa shape index (κ3) is 6.80. The van der Waals surface area contributed by atoms with Crippen LogP contribution < -0.4 is 14.9 Å². The third-order valence-electron chi connectivity index (χ3n) is 7.67. The van der Waals surface area contributed by atoms with E-state index in [4.69, 9.17) is 4.65 Å². The molecule has 0 saturated heterocycles. The fourth-order valence-electron chi connectivity index (χ4n) is 5.56. The molecule has 0 bridgehead atoms. The van der Waals surface area contributed by atoms with E-state index in [0.717, 1.165) is 34.1 Å². The second-order valence-corrected chi connectivity index (χ2v) is 11.3. The number of hydrogen-bond donors (Lipinski definition) is 0. The van der Waals surface area contributed by atoms with Gasteiger partial charge in [-0.25, -0.2) is 4.98 Å². The fourth-order valence-corrected chi connectivity index (χ4v) is 5.56. The van der Waals surface area contributed by atoms with Crippen LogP contribution >= 0.6 is 0 Å². The molecule has 6 aromatic rings. The molecule has 0 unspecified atom stereocenters. The second-order valence-electron chi connectivity index (χ2n) is 11.3.